The van der Waals surface area contributed by atoms with Crippen LogP contribution in [-0.2, 0) is 9.59 Å². The Morgan fingerprint density at radius 3 is 1.82 bits per heavy atom. The van der Waals surface area contributed by atoms with Gasteiger partial charge in [-0.2, -0.15) is 0 Å². The Bertz CT molecular complexity index is 977. The maximum absolute atomic E-state index is 13.1. The third kappa shape index (κ3) is 2.24. The first-order valence-corrected chi connectivity index (χ1v) is 10.1. The number of imide groups is 1. The van der Waals surface area contributed by atoms with E-state index in [4.69, 9.17) is 16.3 Å². The number of anilines is 1. The Hall–Kier alpha value is -2.59. The average Bonchev–Trinajstić information content (AvgIpc) is 3.49. The van der Waals surface area contributed by atoms with Crippen molar-refractivity contribution in [1.82, 2.24) is 0 Å². The molecule has 0 aromatic heterocycles. The number of nitrogens with zero attached hydrogens (tertiary/aromatic N) is 1. The number of carbonyl (C=O) groups excluding carboxylic acids is 2. The van der Waals surface area contributed by atoms with Crippen LogP contribution in [0.1, 0.15) is 6.42 Å². The molecule has 0 radical (unpaired) electrons. The predicted molar refractivity (Wildman–Crippen MR) is 105 cm³/mol. The molecule has 3 fully saturated rings. The second kappa shape index (κ2) is 5.71. The summed E-state index contributed by atoms with van der Waals surface area (Å²) in [7, 11) is 0. The SMILES string of the molecule is O=C1[C@@H]2[C@H]3C=C[C@@H]([C@@H]4C[C@H]34)[C@H]2C(=O)N1c1ccc(Oc2ccc(Cl)cc2)cc1. The van der Waals surface area contributed by atoms with Gasteiger partial charge in [0.1, 0.15) is 11.5 Å². The van der Waals surface area contributed by atoms with Gasteiger partial charge in [-0.15, -0.1) is 0 Å². The fraction of sp³-hybridized carbons (Fsp3) is 0.304. The number of hydrogen-bond acceptors (Lipinski definition) is 3. The Kier molecular flexibility index (Phi) is 3.34. The van der Waals surface area contributed by atoms with Gasteiger partial charge < -0.3 is 4.74 Å². The Morgan fingerprint density at radius 2 is 1.29 bits per heavy atom. The smallest absolute Gasteiger partial charge is 0.238 e. The molecular weight excluding hydrogens is 374 g/mol. The first-order valence-electron chi connectivity index (χ1n) is 9.71. The molecule has 5 aliphatic rings. The van der Waals surface area contributed by atoms with Crippen molar-refractivity contribution >= 4 is 29.1 Å². The van der Waals surface area contributed by atoms with Crippen LogP contribution in [0.2, 0.25) is 5.02 Å². The van der Waals surface area contributed by atoms with Crippen LogP contribution in [0.3, 0.4) is 0 Å². The van der Waals surface area contributed by atoms with Gasteiger partial charge in [-0.05, 0) is 78.6 Å². The second-order valence-corrected chi connectivity index (χ2v) is 8.65. The normalized spacial score (nSPS) is 34.4. The van der Waals surface area contributed by atoms with Gasteiger partial charge in [0, 0.05) is 5.02 Å². The third-order valence-electron chi connectivity index (χ3n) is 6.81. The molecule has 6 atom stereocenters. The molecule has 7 rings (SSSR count). The van der Waals surface area contributed by atoms with Crippen molar-refractivity contribution in [3.63, 3.8) is 0 Å². The maximum Gasteiger partial charge on any atom is 0.238 e. The van der Waals surface area contributed by atoms with Gasteiger partial charge in [0.15, 0.2) is 0 Å². The van der Waals surface area contributed by atoms with Gasteiger partial charge in [0.25, 0.3) is 0 Å². The molecule has 2 aromatic rings. The van der Waals surface area contributed by atoms with E-state index < -0.39 is 0 Å². The summed E-state index contributed by atoms with van der Waals surface area (Å²) in [6.07, 6.45) is 5.56. The zero-order chi connectivity index (χ0) is 19.0. The summed E-state index contributed by atoms with van der Waals surface area (Å²) in [5, 5.41) is 0.649. The lowest BCUT2D eigenvalue weighted by Gasteiger charge is -2.37. The summed E-state index contributed by atoms with van der Waals surface area (Å²) in [6, 6.07) is 14.3. The summed E-state index contributed by atoms with van der Waals surface area (Å²) in [6.45, 7) is 0. The van der Waals surface area contributed by atoms with Crippen molar-refractivity contribution in [2.45, 2.75) is 6.42 Å². The first-order chi connectivity index (χ1) is 13.6. The third-order valence-corrected chi connectivity index (χ3v) is 7.06. The maximum atomic E-state index is 13.1. The highest BCUT2D eigenvalue weighted by atomic mass is 35.5. The van der Waals surface area contributed by atoms with Crippen LogP contribution in [-0.4, -0.2) is 11.8 Å². The van der Waals surface area contributed by atoms with Crippen LogP contribution in [0.15, 0.2) is 60.7 Å². The number of ether oxygens (including phenoxy) is 1. The van der Waals surface area contributed by atoms with Gasteiger partial charge in [-0.25, -0.2) is 0 Å². The van der Waals surface area contributed by atoms with Crippen LogP contribution in [0, 0.1) is 35.5 Å². The van der Waals surface area contributed by atoms with Crippen molar-refractivity contribution in [3.05, 3.63) is 65.7 Å². The lowest BCUT2D eigenvalue weighted by Crippen LogP contribution is -2.40. The van der Waals surface area contributed by atoms with E-state index in [2.05, 4.69) is 12.2 Å². The van der Waals surface area contributed by atoms with Crippen LogP contribution in [0.4, 0.5) is 5.69 Å². The Morgan fingerprint density at radius 1 is 0.786 bits per heavy atom. The van der Waals surface area contributed by atoms with Gasteiger partial charge in [-0.1, -0.05) is 23.8 Å². The summed E-state index contributed by atoms with van der Waals surface area (Å²) >= 11 is 5.89. The fourth-order valence-corrected chi connectivity index (χ4v) is 5.64. The quantitative estimate of drug-likeness (QED) is 0.563. The molecule has 2 amide bonds. The fourth-order valence-electron chi connectivity index (χ4n) is 5.51. The molecule has 28 heavy (non-hydrogen) atoms. The van der Waals surface area contributed by atoms with Crippen LogP contribution < -0.4 is 9.64 Å². The molecule has 2 aromatic carbocycles. The zero-order valence-corrected chi connectivity index (χ0v) is 15.8. The lowest BCUT2D eigenvalue weighted by atomic mass is 9.63. The van der Waals surface area contributed by atoms with E-state index >= 15 is 0 Å². The highest BCUT2D eigenvalue weighted by Gasteiger charge is 2.67. The van der Waals surface area contributed by atoms with Crippen LogP contribution in [0.5, 0.6) is 11.5 Å². The molecule has 140 valence electrons. The number of benzene rings is 2. The molecule has 0 unspecified atom stereocenters. The number of halogens is 1. The number of allylic oxidation sites excluding steroid dienone is 2. The van der Waals surface area contributed by atoms with Crippen molar-refractivity contribution < 1.29 is 14.3 Å². The number of carbonyl (C=O) groups is 2. The van der Waals surface area contributed by atoms with Crippen LogP contribution >= 0.6 is 11.6 Å². The standard InChI is InChI=1S/C23H18ClNO3/c24-12-1-5-14(6-2-12)28-15-7-3-13(4-8-15)25-22(26)20-16-9-10-17(19-11-18(16)19)21(20)23(25)27/h1-10,16-21H,11H2/t16-,17-,18-,19+,20+,21+/m0/s1. The molecule has 5 heteroatoms. The predicted octanol–water partition coefficient (Wildman–Crippen LogP) is 4.69. The van der Waals surface area contributed by atoms with Crippen molar-refractivity contribution in [2.24, 2.45) is 35.5 Å². The minimum atomic E-state index is -0.170. The minimum absolute atomic E-state index is 0.0360. The molecule has 2 bridgehead atoms. The molecule has 1 saturated heterocycles. The number of hydrogen-bond donors (Lipinski definition) is 0. The molecular formula is C23H18ClNO3. The molecule has 4 nitrogen and oxygen atoms in total. The van der Waals surface area contributed by atoms with Gasteiger partial charge in [0.2, 0.25) is 11.8 Å². The van der Waals surface area contributed by atoms with Crippen LogP contribution in [0.25, 0.3) is 0 Å². The van der Waals surface area contributed by atoms with E-state index in [-0.39, 0.29) is 35.5 Å². The van der Waals surface area contributed by atoms with Gasteiger partial charge in [-0.3, -0.25) is 14.5 Å². The molecule has 2 saturated carbocycles. The first kappa shape index (κ1) is 16.4. The monoisotopic (exact) mass is 391 g/mol. The van der Waals surface area contributed by atoms with E-state index in [1.54, 1.807) is 48.5 Å². The average molecular weight is 392 g/mol. The summed E-state index contributed by atoms with van der Waals surface area (Å²) in [5.74, 6) is 2.63. The van der Waals surface area contributed by atoms with E-state index in [0.717, 1.165) is 0 Å². The topological polar surface area (TPSA) is 46.6 Å². The highest BCUT2D eigenvalue weighted by molar-refractivity contribution is 6.30. The van der Waals surface area contributed by atoms with E-state index in [1.807, 2.05) is 0 Å². The van der Waals surface area contributed by atoms with Crippen molar-refractivity contribution in [1.29, 1.82) is 0 Å². The van der Waals surface area contributed by atoms with Crippen molar-refractivity contribution in [3.8, 4) is 11.5 Å². The van der Waals surface area contributed by atoms with Gasteiger partial charge >= 0.3 is 0 Å². The summed E-state index contributed by atoms with van der Waals surface area (Å²) in [5.41, 5.74) is 0.626. The molecule has 1 aliphatic heterocycles. The van der Waals surface area contributed by atoms with E-state index in [9.17, 15) is 9.59 Å². The lowest BCUT2D eigenvalue weighted by molar-refractivity contribution is -0.124. The largest absolute Gasteiger partial charge is 0.457 e. The molecule has 0 N–H and O–H groups in total. The highest BCUT2D eigenvalue weighted by Crippen LogP contribution is 2.65. The molecule has 1 heterocycles. The summed E-state index contributed by atoms with van der Waals surface area (Å²) in [4.78, 5) is 27.7. The second-order valence-electron chi connectivity index (χ2n) is 8.22. The van der Waals surface area contributed by atoms with Crippen molar-refractivity contribution in [2.75, 3.05) is 4.90 Å². The van der Waals surface area contributed by atoms with E-state index in [1.165, 1.54) is 11.3 Å². The zero-order valence-electron chi connectivity index (χ0n) is 15.0. The minimum Gasteiger partial charge on any atom is -0.457 e. The molecule has 4 aliphatic carbocycles. The number of rotatable bonds is 3. The molecule has 0 spiro atoms. The number of amides is 2. The van der Waals surface area contributed by atoms with E-state index in [0.29, 0.717) is 34.0 Å². The Balaban J connectivity index is 1.26. The van der Waals surface area contributed by atoms with Gasteiger partial charge in [0.05, 0.1) is 17.5 Å². The summed E-state index contributed by atoms with van der Waals surface area (Å²) < 4.78 is 5.81. The Labute approximate surface area is 167 Å².